The van der Waals surface area contributed by atoms with Crippen LogP contribution in [0.2, 0.25) is 0 Å². The number of Topliss-reactive ketones (excluding diaryl/α,β-unsaturated/α-hetero) is 1. The van der Waals surface area contributed by atoms with Crippen LogP contribution in [0.5, 0.6) is 0 Å². The van der Waals surface area contributed by atoms with Crippen LogP contribution < -0.4 is 4.90 Å². The molecule has 2 aliphatic rings. The predicted molar refractivity (Wildman–Crippen MR) is 108 cm³/mol. The molecule has 0 radical (unpaired) electrons. The van der Waals surface area contributed by atoms with Crippen LogP contribution in [0.15, 0.2) is 28.7 Å². The first-order valence-corrected chi connectivity index (χ1v) is 10.6. The van der Waals surface area contributed by atoms with Crippen LogP contribution >= 0.6 is 27.3 Å². The Bertz CT molecular complexity index is 833. The summed E-state index contributed by atoms with van der Waals surface area (Å²) in [5.74, 6) is 0.247. The van der Waals surface area contributed by atoms with Gasteiger partial charge in [0.25, 0.3) is 0 Å². The van der Waals surface area contributed by atoms with E-state index in [9.17, 15) is 4.79 Å². The maximum Gasteiger partial charge on any atom is 0.186 e. The van der Waals surface area contributed by atoms with Crippen molar-refractivity contribution in [3.05, 3.63) is 44.9 Å². The monoisotopic (exact) mass is 434 g/mol. The van der Waals surface area contributed by atoms with Gasteiger partial charge in [-0.05, 0) is 36.0 Å². The number of halogens is 1. The number of hydrogen-bond acceptors (Lipinski definition) is 5. The number of ether oxygens (including phenoxy) is 1. The average molecular weight is 435 g/mol. The molecule has 0 N–H and O–H groups in total. The number of anilines is 1. The largest absolute Gasteiger partial charge is 0.377 e. The van der Waals surface area contributed by atoms with E-state index in [2.05, 4.69) is 52.9 Å². The molecule has 138 valence electrons. The van der Waals surface area contributed by atoms with E-state index in [1.165, 1.54) is 5.56 Å². The maximum absolute atomic E-state index is 12.5. The zero-order valence-electron chi connectivity index (χ0n) is 15.1. The van der Waals surface area contributed by atoms with E-state index in [4.69, 9.17) is 9.72 Å². The molecule has 1 saturated heterocycles. The second-order valence-electron chi connectivity index (χ2n) is 7.97. The lowest BCUT2D eigenvalue weighted by Gasteiger charge is -2.35. The number of aromatic nitrogens is 1. The Morgan fingerprint density at radius 1 is 1.38 bits per heavy atom. The average Bonchev–Trinajstić information content (AvgIpc) is 2.98. The molecule has 1 unspecified atom stereocenters. The number of hydrogen-bond donors (Lipinski definition) is 0. The zero-order chi connectivity index (χ0) is 18.3. The number of thiazole rings is 1. The molecule has 26 heavy (non-hydrogen) atoms. The molecule has 1 aliphatic heterocycles. The smallest absolute Gasteiger partial charge is 0.186 e. The van der Waals surface area contributed by atoms with Crippen LogP contribution in [-0.4, -0.2) is 36.6 Å². The Balaban J connectivity index is 1.60. The van der Waals surface area contributed by atoms with Gasteiger partial charge in [0.15, 0.2) is 10.9 Å². The molecule has 0 spiro atoms. The van der Waals surface area contributed by atoms with Crippen LogP contribution in [-0.2, 0) is 17.6 Å². The van der Waals surface area contributed by atoms with Crippen molar-refractivity contribution >= 4 is 38.2 Å². The van der Waals surface area contributed by atoms with E-state index in [-0.39, 0.29) is 17.2 Å². The molecule has 6 heteroatoms. The number of morpholine rings is 1. The standard InChI is InChI=1S/C20H23BrN2O2S/c1-20(2)10-16-18(17(24)11-20)26-19(22-16)23-6-7-25-12-15(23)9-13-4-3-5-14(21)8-13/h3-5,8,15H,6-7,9-12H2,1-2H3. The molecule has 4 nitrogen and oxygen atoms in total. The lowest BCUT2D eigenvalue weighted by Crippen LogP contribution is -2.46. The van der Waals surface area contributed by atoms with Gasteiger partial charge in [-0.1, -0.05) is 53.2 Å². The molecule has 0 saturated carbocycles. The van der Waals surface area contributed by atoms with Gasteiger partial charge in [0, 0.05) is 17.4 Å². The number of ketones is 1. The fourth-order valence-electron chi connectivity index (χ4n) is 3.84. The van der Waals surface area contributed by atoms with E-state index < -0.39 is 0 Å². The number of rotatable bonds is 3. The summed E-state index contributed by atoms with van der Waals surface area (Å²) in [4.78, 5) is 20.6. The highest BCUT2D eigenvalue weighted by atomic mass is 79.9. The number of carbonyl (C=O) groups is 1. The van der Waals surface area contributed by atoms with Crippen molar-refractivity contribution < 1.29 is 9.53 Å². The molecule has 2 aromatic rings. The Morgan fingerprint density at radius 3 is 3.04 bits per heavy atom. The predicted octanol–water partition coefficient (Wildman–Crippen LogP) is 4.51. The van der Waals surface area contributed by atoms with Crippen molar-refractivity contribution in [3.8, 4) is 0 Å². The van der Waals surface area contributed by atoms with Crippen LogP contribution in [0.25, 0.3) is 0 Å². The highest BCUT2D eigenvalue weighted by Crippen LogP contribution is 2.40. The van der Waals surface area contributed by atoms with Gasteiger partial charge >= 0.3 is 0 Å². The molecule has 0 amide bonds. The summed E-state index contributed by atoms with van der Waals surface area (Å²) in [6.45, 7) is 6.52. The number of nitrogens with zero attached hydrogens (tertiary/aromatic N) is 2. The van der Waals surface area contributed by atoms with E-state index in [0.29, 0.717) is 19.6 Å². The van der Waals surface area contributed by atoms with Gasteiger partial charge in [0.1, 0.15) is 0 Å². The Kier molecular flexibility index (Phi) is 4.92. The second kappa shape index (κ2) is 7.06. The summed E-state index contributed by atoms with van der Waals surface area (Å²) >= 11 is 5.12. The third kappa shape index (κ3) is 3.73. The molecule has 4 rings (SSSR count). The van der Waals surface area contributed by atoms with E-state index in [0.717, 1.165) is 39.6 Å². The van der Waals surface area contributed by atoms with Gasteiger partial charge < -0.3 is 9.64 Å². The summed E-state index contributed by atoms with van der Waals surface area (Å²) in [7, 11) is 0. The van der Waals surface area contributed by atoms with Crippen LogP contribution in [0.3, 0.4) is 0 Å². The van der Waals surface area contributed by atoms with Crippen LogP contribution in [0.1, 0.15) is 41.2 Å². The maximum atomic E-state index is 12.5. The van der Waals surface area contributed by atoms with Crippen molar-refractivity contribution in [3.63, 3.8) is 0 Å². The minimum Gasteiger partial charge on any atom is -0.377 e. The fourth-order valence-corrected chi connectivity index (χ4v) is 5.41. The lowest BCUT2D eigenvalue weighted by atomic mass is 9.78. The van der Waals surface area contributed by atoms with Crippen molar-refractivity contribution in [2.75, 3.05) is 24.7 Å². The van der Waals surface area contributed by atoms with Gasteiger partial charge in [-0.15, -0.1) is 0 Å². The Morgan fingerprint density at radius 2 is 2.23 bits per heavy atom. The minimum atomic E-state index is 0.0101. The summed E-state index contributed by atoms with van der Waals surface area (Å²) in [6, 6.07) is 8.66. The molecule has 1 fully saturated rings. The first-order chi connectivity index (χ1) is 12.4. The Hall–Kier alpha value is -1.24. The molecule has 2 heterocycles. The van der Waals surface area contributed by atoms with Gasteiger partial charge in [-0.2, -0.15) is 0 Å². The number of carbonyl (C=O) groups excluding carboxylic acids is 1. The highest BCUT2D eigenvalue weighted by molar-refractivity contribution is 9.10. The molecular weight excluding hydrogens is 412 g/mol. The third-order valence-electron chi connectivity index (χ3n) is 5.06. The van der Waals surface area contributed by atoms with Gasteiger partial charge in [-0.25, -0.2) is 4.98 Å². The van der Waals surface area contributed by atoms with Crippen molar-refractivity contribution in [1.29, 1.82) is 0 Å². The molecule has 1 aromatic heterocycles. The molecule has 0 bridgehead atoms. The minimum absolute atomic E-state index is 0.0101. The fraction of sp³-hybridized carbons (Fsp3) is 0.500. The van der Waals surface area contributed by atoms with Gasteiger partial charge in [0.2, 0.25) is 0 Å². The van der Waals surface area contributed by atoms with Crippen LogP contribution in [0.4, 0.5) is 5.13 Å². The molecule has 1 atom stereocenters. The summed E-state index contributed by atoms with van der Waals surface area (Å²) in [6.07, 6.45) is 2.40. The third-order valence-corrected chi connectivity index (χ3v) is 6.73. The van der Waals surface area contributed by atoms with Crippen molar-refractivity contribution in [1.82, 2.24) is 4.98 Å². The van der Waals surface area contributed by atoms with Gasteiger partial charge in [0.05, 0.1) is 29.8 Å². The lowest BCUT2D eigenvalue weighted by molar-refractivity contribution is 0.0915. The number of fused-ring (bicyclic) bond motifs is 1. The first kappa shape index (κ1) is 18.1. The molecular formula is C20H23BrN2O2S. The van der Waals surface area contributed by atoms with E-state index in [1.54, 1.807) is 11.3 Å². The summed E-state index contributed by atoms with van der Waals surface area (Å²) in [5.41, 5.74) is 2.27. The first-order valence-electron chi connectivity index (χ1n) is 9.03. The SMILES string of the molecule is CC1(C)CC(=O)c2sc(N3CCOCC3Cc3cccc(Br)c3)nc2C1. The zero-order valence-corrected chi connectivity index (χ0v) is 17.5. The van der Waals surface area contributed by atoms with Crippen molar-refractivity contribution in [2.24, 2.45) is 5.41 Å². The highest BCUT2D eigenvalue weighted by Gasteiger charge is 2.35. The van der Waals surface area contributed by atoms with Crippen LogP contribution in [0, 0.1) is 5.41 Å². The quantitative estimate of drug-likeness (QED) is 0.712. The Labute approximate surface area is 166 Å². The van der Waals surface area contributed by atoms with Crippen molar-refractivity contribution in [2.45, 2.75) is 39.2 Å². The summed E-state index contributed by atoms with van der Waals surface area (Å²) in [5, 5.41) is 0.976. The van der Waals surface area contributed by atoms with E-state index in [1.807, 2.05) is 6.07 Å². The van der Waals surface area contributed by atoms with Gasteiger partial charge in [-0.3, -0.25) is 4.79 Å². The molecule has 1 aliphatic carbocycles. The number of benzene rings is 1. The topological polar surface area (TPSA) is 42.4 Å². The van der Waals surface area contributed by atoms with E-state index >= 15 is 0 Å². The molecule has 1 aromatic carbocycles. The second-order valence-corrected chi connectivity index (χ2v) is 9.86. The summed E-state index contributed by atoms with van der Waals surface area (Å²) < 4.78 is 6.84. The normalized spacial score (nSPS) is 22.3.